The lowest BCUT2D eigenvalue weighted by molar-refractivity contribution is -0.0483. The SMILES string of the molecule is NNc1nc(N)c2ncn([C@@H]3O[C@H](COP(=O)(O)CP(=O)(O)O)[C@@H](O)[C@H]3O)c2n1. The van der Waals surface area contributed by atoms with Crippen LogP contribution in [0.1, 0.15) is 6.23 Å². The zero-order valence-electron chi connectivity index (χ0n) is 14.5. The fourth-order valence-electron chi connectivity index (χ4n) is 2.75. The largest absolute Gasteiger partial charge is 0.387 e. The molecule has 1 aliphatic heterocycles. The smallest absolute Gasteiger partial charge is 0.340 e. The first-order valence-electron chi connectivity index (χ1n) is 7.91. The van der Waals surface area contributed by atoms with E-state index >= 15 is 0 Å². The average Bonchev–Trinajstić information content (AvgIpc) is 3.13. The van der Waals surface area contributed by atoms with E-state index in [9.17, 15) is 24.2 Å². The van der Waals surface area contributed by atoms with Crippen LogP contribution in [0.3, 0.4) is 0 Å². The van der Waals surface area contributed by atoms with E-state index in [0.29, 0.717) is 0 Å². The molecular weight excluding hydrogens is 436 g/mol. The molecule has 1 unspecified atom stereocenters. The molecule has 0 radical (unpaired) electrons. The third-order valence-electron chi connectivity index (χ3n) is 3.99. The van der Waals surface area contributed by atoms with Gasteiger partial charge in [0.25, 0.3) is 0 Å². The van der Waals surface area contributed by atoms with Crippen LogP contribution in [0.5, 0.6) is 0 Å². The van der Waals surface area contributed by atoms with Crippen LogP contribution in [0, 0.1) is 0 Å². The van der Waals surface area contributed by atoms with E-state index in [0.717, 1.165) is 0 Å². The van der Waals surface area contributed by atoms with Crippen molar-refractivity contribution in [3.63, 3.8) is 0 Å². The summed E-state index contributed by atoms with van der Waals surface area (Å²) in [6.45, 7) is -0.720. The zero-order chi connectivity index (χ0) is 21.6. The number of nitrogen functional groups attached to an aromatic ring is 2. The van der Waals surface area contributed by atoms with Crippen LogP contribution in [0.15, 0.2) is 6.33 Å². The Kier molecular flexibility index (Phi) is 5.95. The van der Waals surface area contributed by atoms with Crippen LogP contribution in [-0.2, 0) is 18.4 Å². The maximum Gasteiger partial charge on any atom is 0.340 e. The number of anilines is 2. The standard InChI is InChI=1S/C11H19N7O9P2/c12-8-5-9(16-11(15-8)17-13)18(2-14-5)10-7(20)6(19)4(27-10)1-26-29(24,25)3-28(21,22)23/h2,4,6-7,10,19-20H,1,3,13H2,(H,24,25)(H2,21,22,23)(H3,12,15,16,17)/t4-,6-,7-,10-/m1/s1. The van der Waals surface area contributed by atoms with E-state index in [2.05, 4.69) is 24.9 Å². The molecule has 162 valence electrons. The van der Waals surface area contributed by atoms with Gasteiger partial charge in [0.15, 0.2) is 23.6 Å². The van der Waals surface area contributed by atoms with Crippen molar-refractivity contribution in [2.75, 3.05) is 23.7 Å². The molecule has 5 atom stereocenters. The van der Waals surface area contributed by atoms with Crippen molar-refractivity contribution in [3.8, 4) is 0 Å². The van der Waals surface area contributed by atoms with Gasteiger partial charge in [0.2, 0.25) is 5.95 Å². The lowest BCUT2D eigenvalue weighted by Crippen LogP contribution is -2.33. The van der Waals surface area contributed by atoms with Gasteiger partial charge in [-0.2, -0.15) is 9.97 Å². The number of aliphatic hydroxyl groups excluding tert-OH is 2. The highest BCUT2D eigenvalue weighted by molar-refractivity contribution is 7.70. The van der Waals surface area contributed by atoms with Gasteiger partial charge < -0.3 is 39.9 Å². The van der Waals surface area contributed by atoms with E-state index in [4.69, 9.17) is 26.1 Å². The maximum absolute atomic E-state index is 11.7. The molecule has 2 aromatic heterocycles. The van der Waals surface area contributed by atoms with Gasteiger partial charge in [0.05, 0.1) is 12.9 Å². The van der Waals surface area contributed by atoms with E-state index in [1.807, 2.05) is 0 Å². The van der Waals surface area contributed by atoms with Gasteiger partial charge in [-0.15, -0.1) is 0 Å². The molecule has 0 aliphatic carbocycles. The number of imidazole rings is 1. The molecule has 1 fully saturated rings. The highest BCUT2D eigenvalue weighted by Crippen LogP contribution is 2.55. The molecular formula is C11H19N7O9P2. The Balaban J connectivity index is 1.80. The first-order chi connectivity index (χ1) is 13.4. The fraction of sp³-hybridized carbons (Fsp3) is 0.545. The van der Waals surface area contributed by atoms with Crippen LogP contribution in [0.25, 0.3) is 11.2 Å². The molecule has 2 aromatic rings. The summed E-state index contributed by atoms with van der Waals surface area (Å²) in [5.41, 5.74) is 8.27. The molecule has 0 bridgehead atoms. The second kappa shape index (κ2) is 7.85. The predicted octanol–water partition coefficient (Wildman–Crippen LogP) is -2.35. The van der Waals surface area contributed by atoms with Crippen LogP contribution < -0.4 is 17.0 Å². The minimum Gasteiger partial charge on any atom is -0.387 e. The molecule has 3 rings (SSSR count). The molecule has 18 heteroatoms. The molecule has 3 heterocycles. The summed E-state index contributed by atoms with van der Waals surface area (Å²) >= 11 is 0. The number of nitrogens with one attached hydrogen (secondary N) is 1. The normalized spacial score (nSPS) is 27.2. The van der Waals surface area contributed by atoms with Gasteiger partial charge in [-0.1, -0.05) is 0 Å². The average molecular weight is 455 g/mol. The number of nitrogens with two attached hydrogens (primary N) is 2. The Morgan fingerprint density at radius 2 is 1.93 bits per heavy atom. The second-order valence-corrected chi connectivity index (χ2v) is 10.2. The van der Waals surface area contributed by atoms with Crippen LogP contribution >= 0.6 is 15.2 Å². The van der Waals surface area contributed by atoms with Gasteiger partial charge >= 0.3 is 15.2 Å². The highest BCUT2D eigenvalue weighted by atomic mass is 31.2. The number of nitrogens with zero attached hydrogens (tertiary/aromatic N) is 4. The van der Waals surface area contributed by atoms with E-state index in [1.54, 1.807) is 0 Å². The Morgan fingerprint density at radius 3 is 2.55 bits per heavy atom. The Hall–Kier alpha value is -1.71. The van der Waals surface area contributed by atoms with Crippen molar-refractivity contribution in [3.05, 3.63) is 6.33 Å². The van der Waals surface area contributed by atoms with E-state index in [-0.39, 0.29) is 22.9 Å². The maximum atomic E-state index is 11.7. The summed E-state index contributed by atoms with van der Waals surface area (Å²) in [6.07, 6.45) is -4.38. The molecule has 0 aromatic carbocycles. The third-order valence-corrected chi connectivity index (χ3v) is 7.45. The molecule has 16 nitrogen and oxygen atoms in total. The number of aromatic nitrogens is 4. The summed E-state index contributed by atoms with van der Waals surface area (Å²) in [7, 11) is -9.48. The summed E-state index contributed by atoms with van der Waals surface area (Å²) in [5.74, 6) is 3.83. The van der Waals surface area contributed by atoms with E-state index in [1.165, 1.54) is 10.9 Å². The van der Waals surface area contributed by atoms with Crippen molar-refractivity contribution >= 4 is 38.1 Å². The Morgan fingerprint density at radius 1 is 1.24 bits per heavy atom. The third kappa shape index (κ3) is 4.73. The Labute approximate surface area is 162 Å². The number of hydrogen-bond donors (Lipinski definition) is 8. The van der Waals surface area contributed by atoms with E-state index < -0.39 is 52.2 Å². The summed E-state index contributed by atoms with van der Waals surface area (Å²) < 4.78 is 34.0. The number of hydrogen-bond acceptors (Lipinski definition) is 12. The van der Waals surface area contributed by atoms with Crippen molar-refractivity contribution in [1.29, 1.82) is 0 Å². The number of fused-ring (bicyclic) bond motifs is 1. The van der Waals surface area contributed by atoms with Gasteiger partial charge in [0, 0.05) is 0 Å². The van der Waals surface area contributed by atoms with Crippen LogP contribution in [0.2, 0.25) is 0 Å². The predicted molar refractivity (Wildman–Crippen MR) is 96.2 cm³/mol. The Bertz CT molecular complexity index is 996. The molecule has 0 spiro atoms. The van der Waals surface area contributed by atoms with Crippen LogP contribution in [0.4, 0.5) is 11.8 Å². The van der Waals surface area contributed by atoms with Gasteiger partial charge in [-0.25, -0.2) is 10.8 Å². The van der Waals surface area contributed by atoms with Crippen molar-refractivity contribution < 1.29 is 43.3 Å². The van der Waals surface area contributed by atoms with Gasteiger partial charge in [-0.05, 0) is 0 Å². The second-order valence-electron chi connectivity index (χ2n) is 6.19. The van der Waals surface area contributed by atoms with Gasteiger partial charge in [0.1, 0.15) is 23.8 Å². The molecule has 0 saturated carbocycles. The molecule has 0 amide bonds. The summed E-state index contributed by atoms with van der Waals surface area (Å²) in [5, 5.41) is 20.5. The quantitative estimate of drug-likeness (QED) is 0.123. The first-order valence-corrected chi connectivity index (χ1v) is 11.5. The summed E-state index contributed by atoms with van der Waals surface area (Å²) in [6, 6.07) is 0. The minimum atomic E-state index is -4.81. The number of ether oxygens (including phenoxy) is 1. The number of hydrazine groups is 1. The monoisotopic (exact) mass is 455 g/mol. The first kappa shape index (κ1) is 22.0. The lowest BCUT2D eigenvalue weighted by Gasteiger charge is -2.18. The number of rotatable bonds is 7. The summed E-state index contributed by atoms with van der Waals surface area (Å²) in [4.78, 5) is 39.1. The molecule has 1 aliphatic rings. The minimum absolute atomic E-state index is 0.00623. The topological polar surface area (TPSA) is 261 Å². The highest BCUT2D eigenvalue weighted by Gasteiger charge is 2.45. The molecule has 1 saturated heterocycles. The molecule has 10 N–H and O–H groups in total. The van der Waals surface area contributed by atoms with Crippen molar-refractivity contribution in [1.82, 2.24) is 19.5 Å². The lowest BCUT2D eigenvalue weighted by atomic mass is 10.1. The van der Waals surface area contributed by atoms with Crippen molar-refractivity contribution in [2.24, 2.45) is 5.84 Å². The fourth-order valence-corrected chi connectivity index (χ4v) is 5.32. The van der Waals surface area contributed by atoms with Crippen LogP contribution in [-0.4, -0.2) is 75.2 Å². The molecule has 29 heavy (non-hydrogen) atoms. The number of aliphatic hydroxyl groups is 2. The van der Waals surface area contributed by atoms with Gasteiger partial charge in [-0.3, -0.25) is 19.1 Å². The van der Waals surface area contributed by atoms with Crippen molar-refractivity contribution in [2.45, 2.75) is 24.5 Å². The zero-order valence-corrected chi connectivity index (χ0v) is 16.3.